The number of rotatable bonds is 5. The second kappa shape index (κ2) is 8.30. The molecule has 160 valence electrons. The van der Waals surface area contributed by atoms with Crippen molar-refractivity contribution in [2.45, 2.75) is 47.1 Å². The molecule has 2 heterocycles. The largest absolute Gasteiger partial charge is 0.452 e. The Morgan fingerprint density at radius 1 is 1.23 bits per heavy atom. The molecule has 1 N–H and O–H groups in total. The summed E-state index contributed by atoms with van der Waals surface area (Å²) in [5.74, 6) is -1.70. The van der Waals surface area contributed by atoms with Crippen molar-refractivity contribution in [3.8, 4) is 0 Å². The van der Waals surface area contributed by atoms with Crippen LogP contribution in [0.25, 0.3) is 0 Å². The zero-order valence-corrected chi connectivity index (χ0v) is 18.3. The lowest BCUT2D eigenvalue weighted by Gasteiger charge is -2.20. The third-order valence-electron chi connectivity index (χ3n) is 5.74. The van der Waals surface area contributed by atoms with Gasteiger partial charge < -0.3 is 15.0 Å². The summed E-state index contributed by atoms with van der Waals surface area (Å²) < 4.78 is 7.06. The van der Waals surface area contributed by atoms with E-state index in [4.69, 9.17) is 4.74 Å². The van der Waals surface area contributed by atoms with Crippen molar-refractivity contribution in [2.24, 2.45) is 13.0 Å². The monoisotopic (exact) mass is 412 g/mol. The highest BCUT2D eigenvalue weighted by atomic mass is 16.5. The molecule has 0 spiro atoms. The number of nitrogens with zero attached hydrogens (tertiary/aromatic N) is 3. The Morgan fingerprint density at radius 3 is 2.57 bits per heavy atom. The van der Waals surface area contributed by atoms with E-state index in [1.165, 1.54) is 6.92 Å². The summed E-state index contributed by atoms with van der Waals surface area (Å²) in [4.78, 5) is 39.3. The van der Waals surface area contributed by atoms with Gasteiger partial charge in [-0.3, -0.25) is 19.1 Å². The maximum atomic E-state index is 12.6. The lowest BCUT2D eigenvalue weighted by atomic mass is 10.1. The Labute approximate surface area is 176 Å². The van der Waals surface area contributed by atoms with Crippen molar-refractivity contribution in [1.82, 2.24) is 9.78 Å². The lowest BCUT2D eigenvalue weighted by molar-refractivity contribution is -0.157. The lowest BCUT2D eigenvalue weighted by Crippen LogP contribution is -2.33. The molecular formula is C22H28N4O4. The molecule has 0 saturated carbocycles. The Balaban J connectivity index is 1.64. The number of carbonyl (C=O) groups is 3. The molecule has 30 heavy (non-hydrogen) atoms. The zero-order chi connectivity index (χ0) is 22.2. The van der Waals surface area contributed by atoms with Gasteiger partial charge >= 0.3 is 5.97 Å². The molecule has 1 aliphatic heterocycles. The number of nitrogens with one attached hydrogen (secondary N) is 1. The van der Waals surface area contributed by atoms with Crippen LogP contribution in [-0.2, 0) is 26.2 Å². The Bertz CT molecular complexity index is 1010. The van der Waals surface area contributed by atoms with Crippen LogP contribution >= 0.6 is 0 Å². The molecule has 2 aromatic rings. The van der Waals surface area contributed by atoms with E-state index in [2.05, 4.69) is 10.4 Å². The number of hydrogen-bond acceptors (Lipinski definition) is 5. The van der Waals surface area contributed by atoms with Gasteiger partial charge in [-0.05, 0) is 51.8 Å². The minimum Gasteiger partial charge on any atom is -0.452 e. The number of aromatic nitrogens is 2. The van der Waals surface area contributed by atoms with Crippen molar-refractivity contribution in [2.75, 3.05) is 16.8 Å². The number of benzene rings is 1. The van der Waals surface area contributed by atoms with Crippen LogP contribution < -0.4 is 10.2 Å². The van der Waals surface area contributed by atoms with Gasteiger partial charge in [-0.15, -0.1) is 0 Å². The molecular weight excluding hydrogens is 384 g/mol. The average Bonchev–Trinajstić information content (AvgIpc) is 3.18. The van der Waals surface area contributed by atoms with Gasteiger partial charge in [0, 0.05) is 25.7 Å². The van der Waals surface area contributed by atoms with Crippen LogP contribution in [0.3, 0.4) is 0 Å². The molecule has 1 fully saturated rings. The predicted molar refractivity (Wildman–Crippen MR) is 113 cm³/mol. The summed E-state index contributed by atoms with van der Waals surface area (Å²) in [7, 11) is 1.79. The highest BCUT2D eigenvalue weighted by molar-refractivity contribution is 6.01. The van der Waals surface area contributed by atoms with Crippen molar-refractivity contribution < 1.29 is 19.1 Å². The molecule has 0 bridgehead atoms. The number of carbonyl (C=O) groups excluding carboxylic acids is 3. The number of amides is 2. The quantitative estimate of drug-likeness (QED) is 0.762. The summed E-state index contributed by atoms with van der Waals surface area (Å²) in [5.41, 5.74) is 5.01. The van der Waals surface area contributed by atoms with Crippen molar-refractivity contribution in [3.63, 3.8) is 0 Å². The summed E-state index contributed by atoms with van der Waals surface area (Å²) in [5, 5.41) is 7.03. The topological polar surface area (TPSA) is 93.5 Å². The third kappa shape index (κ3) is 4.08. The van der Waals surface area contributed by atoms with Gasteiger partial charge in [0.2, 0.25) is 5.91 Å². The van der Waals surface area contributed by atoms with Crippen LogP contribution in [0.15, 0.2) is 18.2 Å². The van der Waals surface area contributed by atoms with E-state index in [9.17, 15) is 14.4 Å². The number of anilines is 2. The minimum atomic E-state index is -0.985. The average molecular weight is 412 g/mol. The van der Waals surface area contributed by atoms with E-state index in [0.29, 0.717) is 11.4 Å². The molecule has 1 aromatic heterocycles. The predicted octanol–water partition coefficient (Wildman–Crippen LogP) is 2.58. The summed E-state index contributed by atoms with van der Waals surface area (Å²) in [6.07, 6.45) is -0.914. The second-order valence-electron chi connectivity index (χ2n) is 7.86. The normalized spacial score (nSPS) is 17.2. The SMILES string of the molecule is Cc1cccc(N2C[C@H](C(=O)O[C@H](C)C(=O)Nc3c(C)nn(C)c3C)CC2=O)c1C. The fraction of sp³-hybridized carbons (Fsp3) is 0.455. The summed E-state index contributed by atoms with van der Waals surface area (Å²) in [6.45, 7) is 9.35. The van der Waals surface area contributed by atoms with Gasteiger partial charge in [-0.25, -0.2) is 0 Å². The highest BCUT2D eigenvalue weighted by Crippen LogP contribution is 2.30. The standard InChI is InChI=1S/C22H28N4O4/c1-12-8-7-9-18(13(12)2)26-11-17(10-19(26)27)22(29)30-16(5)21(28)23-20-14(3)24-25(6)15(20)4/h7-9,16-17H,10-11H2,1-6H3,(H,23,28)/t16-,17-/m1/s1. The highest BCUT2D eigenvalue weighted by Gasteiger charge is 2.38. The summed E-state index contributed by atoms with van der Waals surface area (Å²) in [6, 6.07) is 5.76. The van der Waals surface area contributed by atoms with Gasteiger partial charge in [0.05, 0.1) is 23.0 Å². The molecule has 3 rings (SSSR count). The molecule has 1 aromatic carbocycles. The first-order valence-electron chi connectivity index (χ1n) is 9.98. The van der Waals surface area contributed by atoms with Gasteiger partial charge in [0.1, 0.15) is 0 Å². The fourth-order valence-electron chi connectivity index (χ4n) is 3.63. The first-order chi connectivity index (χ1) is 14.1. The third-order valence-corrected chi connectivity index (χ3v) is 5.74. The van der Waals surface area contributed by atoms with Crippen LogP contribution in [0.1, 0.15) is 35.9 Å². The second-order valence-corrected chi connectivity index (χ2v) is 7.86. The van der Waals surface area contributed by atoms with Crippen LogP contribution in [0.2, 0.25) is 0 Å². The Morgan fingerprint density at radius 2 is 1.93 bits per heavy atom. The smallest absolute Gasteiger partial charge is 0.312 e. The fourth-order valence-corrected chi connectivity index (χ4v) is 3.63. The molecule has 2 amide bonds. The maximum absolute atomic E-state index is 12.6. The molecule has 8 nitrogen and oxygen atoms in total. The molecule has 2 atom stereocenters. The van der Waals surface area contributed by atoms with E-state index >= 15 is 0 Å². The van der Waals surface area contributed by atoms with E-state index in [0.717, 1.165) is 22.5 Å². The molecule has 0 radical (unpaired) electrons. The maximum Gasteiger partial charge on any atom is 0.312 e. The van der Waals surface area contributed by atoms with Crippen LogP contribution in [0.4, 0.5) is 11.4 Å². The molecule has 0 aliphatic carbocycles. The van der Waals surface area contributed by atoms with Gasteiger partial charge in [-0.2, -0.15) is 5.10 Å². The van der Waals surface area contributed by atoms with Crippen LogP contribution in [-0.4, -0.2) is 40.2 Å². The molecule has 1 saturated heterocycles. The molecule has 8 heteroatoms. The number of hydrogen-bond donors (Lipinski definition) is 1. The van der Waals surface area contributed by atoms with E-state index in [-0.39, 0.29) is 18.9 Å². The summed E-state index contributed by atoms with van der Waals surface area (Å²) >= 11 is 0. The van der Waals surface area contributed by atoms with Crippen molar-refractivity contribution in [1.29, 1.82) is 0 Å². The number of aryl methyl sites for hydroxylation is 3. The Kier molecular flexibility index (Phi) is 5.96. The zero-order valence-electron chi connectivity index (χ0n) is 18.3. The van der Waals surface area contributed by atoms with Crippen molar-refractivity contribution >= 4 is 29.2 Å². The molecule has 1 aliphatic rings. The van der Waals surface area contributed by atoms with Gasteiger partial charge in [0.15, 0.2) is 6.10 Å². The number of esters is 1. The number of ether oxygens (including phenoxy) is 1. The van der Waals surface area contributed by atoms with Crippen molar-refractivity contribution in [3.05, 3.63) is 40.7 Å². The van der Waals surface area contributed by atoms with Gasteiger partial charge in [0.25, 0.3) is 5.91 Å². The van der Waals surface area contributed by atoms with E-state index < -0.39 is 23.9 Å². The minimum absolute atomic E-state index is 0.0708. The first-order valence-corrected chi connectivity index (χ1v) is 9.98. The van der Waals surface area contributed by atoms with Crippen LogP contribution in [0, 0.1) is 33.6 Å². The van der Waals surface area contributed by atoms with Crippen LogP contribution in [0.5, 0.6) is 0 Å². The van der Waals surface area contributed by atoms with E-state index in [1.54, 1.807) is 23.6 Å². The molecule has 0 unspecified atom stereocenters. The van der Waals surface area contributed by atoms with Gasteiger partial charge in [-0.1, -0.05) is 12.1 Å². The van der Waals surface area contributed by atoms with E-state index in [1.807, 2.05) is 39.0 Å². The Hall–Kier alpha value is -3.16. The first kappa shape index (κ1) is 21.5.